The first kappa shape index (κ1) is 13.7. The van der Waals surface area contributed by atoms with Gasteiger partial charge in [-0.3, -0.25) is 14.9 Å². The highest BCUT2D eigenvalue weighted by Crippen LogP contribution is 2.29. The van der Waals surface area contributed by atoms with Crippen LogP contribution in [0.5, 0.6) is 0 Å². The van der Waals surface area contributed by atoms with Gasteiger partial charge in [-0.2, -0.15) is 0 Å². The lowest BCUT2D eigenvalue weighted by Gasteiger charge is -2.23. The van der Waals surface area contributed by atoms with E-state index in [1.54, 1.807) is 23.3 Å². The van der Waals surface area contributed by atoms with Crippen molar-refractivity contribution in [2.24, 2.45) is 0 Å². The van der Waals surface area contributed by atoms with Gasteiger partial charge < -0.3 is 4.90 Å². The van der Waals surface area contributed by atoms with Crippen molar-refractivity contribution >= 4 is 33.6 Å². The van der Waals surface area contributed by atoms with Crippen molar-refractivity contribution in [2.75, 3.05) is 7.05 Å². The van der Waals surface area contributed by atoms with Gasteiger partial charge in [0.05, 0.1) is 15.8 Å². The maximum atomic E-state index is 12.2. The van der Waals surface area contributed by atoms with Crippen LogP contribution in [0.1, 0.15) is 27.5 Å². The van der Waals surface area contributed by atoms with Gasteiger partial charge in [-0.25, -0.2) is 0 Å². The van der Waals surface area contributed by atoms with Gasteiger partial charge in [-0.05, 0) is 24.4 Å². The van der Waals surface area contributed by atoms with Crippen LogP contribution in [0.25, 0.3) is 0 Å². The average molecular weight is 296 g/mol. The molecule has 0 bridgehead atoms. The molecule has 0 saturated carbocycles. The van der Waals surface area contributed by atoms with E-state index in [0.717, 1.165) is 16.2 Å². The van der Waals surface area contributed by atoms with Crippen LogP contribution in [0.4, 0.5) is 5.00 Å². The highest BCUT2D eigenvalue weighted by atomic mass is 32.1. The van der Waals surface area contributed by atoms with Gasteiger partial charge in [-0.15, -0.1) is 11.3 Å². The fraction of sp³-hybridized carbons (Fsp3) is 0.250. The molecule has 0 N–H and O–H groups in total. The van der Waals surface area contributed by atoms with E-state index in [1.807, 2.05) is 24.4 Å². The van der Waals surface area contributed by atoms with Crippen molar-refractivity contribution in [1.29, 1.82) is 0 Å². The molecule has 2 aromatic rings. The second-order valence-electron chi connectivity index (χ2n) is 4.00. The van der Waals surface area contributed by atoms with Gasteiger partial charge in [0.1, 0.15) is 0 Å². The molecule has 2 heterocycles. The number of amides is 1. The number of carbonyl (C=O) groups excluding carboxylic acids is 1. The fourth-order valence-corrected chi connectivity index (χ4v) is 3.24. The second kappa shape index (κ2) is 5.50. The summed E-state index contributed by atoms with van der Waals surface area (Å²) in [5.74, 6) is -0.195. The Hall–Kier alpha value is -1.73. The van der Waals surface area contributed by atoms with Gasteiger partial charge in [0.25, 0.3) is 5.91 Å². The Balaban J connectivity index is 2.16. The lowest BCUT2D eigenvalue weighted by Crippen LogP contribution is -2.28. The van der Waals surface area contributed by atoms with Crippen molar-refractivity contribution in [3.8, 4) is 0 Å². The van der Waals surface area contributed by atoms with Crippen molar-refractivity contribution in [1.82, 2.24) is 4.90 Å². The minimum absolute atomic E-state index is 0.0134. The minimum atomic E-state index is -0.482. The highest BCUT2D eigenvalue weighted by molar-refractivity contribution is 7.17. The standard InChI is InChI=1S/C12H12N2O3S2/c1-8(9-4-3-7-18-9)13(2)12(15)10-5-6-11(19-10)14(16)17/h3-8H,1-2H3. The third-order valence-corrected chi connectivity index (χ3v) is 4.91. The summed E-state index contributed by atoms with van der Waals surface area (Å²) in [7, 11) is 1.71. The van der Waals surface area contributed by atoms with Crippen molar-refractivity contribution < 1.29 is 9.72 Å². The quantitative estimate of drug-likeness (QED) is 0.640. The maximum absolute atomic E-state index is 12.2. The predicted octanol–water partition coefficient (Wildman–Crippen LogP) is 3.55. The molecule has 0 aliphatic carbocycles. The normalized spacial score (nSPS) is 12.1. The van der Waals surface area contributed by atoms with Crippen LogP contribution in [-0.2, 0) is 0 Å². The topological polar surface area (TPSA) is 63.5 Å². The van der Waals surface area contributed by atoms with Crippen LogP contribution >= 0.6 is 22.7 Å². The van der Waals surface area contributed by atoms with Gasteiger partial charge in [-0.1, -0.05) is 17.4 Å². The van der Waals surface area contributed by atoms with Gasteiger partial charge in [0.2, 0.25) is 0 Å². The molecular weight excluding hydrogens is 284 g/mol. The van der Waals surface area contributed by atoms with Gasteiger partial charge >= 0.3 is 5.00 Å². The molecular formula is C12H12N2O3S2. The van der Waals surface area contributed by atoms with Crippen LogP contribution in [0.15, 0.2) is 29.6 Å². The third-order valence-electron chi connectivity index (χ3n) is 2.84. The van der Waals surface area contributed by atoms with E-state index in [0.29, 0.717) is 4.88 Å². The molecule has 1 amide bonds. The third kappa shape index (κ3) is 2.82. The van der Waals surface area contributed by atoms with Gasteiger partial charge in [0.15, 0.2) is 0 Å². The Morgan fingerprint density at radius 3 is 2.68 bits per heavy atom. The molecule has 1 atom stereocenters. The zero-order valence-electron chi connectivity index (χ0n) is 10.4. The van der Waals surface area contributed by atoms with E-state index in [-0.39, 0.29) is 17.0 Å². The molecule has 0 saturated heterocycles. The summed E-state index contributed by atoms with van der Waals surface area (Å²) >= 11 is 2.49. The molecule has 100 valence electrons. The number of carbonyl (C=O) groups is 1. The molecule has 7 heteroatoms. The van der Waals surface area contributed by atoms with E-state index in [4.69, 9.17) is 0 Å². The number of hydrogen-bond acceptors (Lipinski definition) is 5. The van der Waals surface area contributed by atoms with E-state index in [9.17, 15) is 14.9 Å². The van der Waals surface area contributed by atoms with E-state index < -0.39 is 4.92 Å². The Morgan fingerprint density at radius 2 is 2.16 bits per heavy atom. The first-order valence-electron chi connectivity index (χ1n) is 5.55. The smallest absolute Gasteiger partial charge is 0.324 e. The van der Waals surface area contributed by atoms with Crippen LogP contribution < -0.4 is 0 Å². The summed E-state index contributed by atoms with van der Waals surface area (Å²) in [6.45, 7) is 1.94. The molecule has 1 unspecified atom stereocenters. The number of nitrogens with zero attached hydrogens (tertiary/aromatic N) is 2. The van der Waals surface area contributed by atoms with E-state index in [1.165, 1.54) is 12.1 Å². The summed E-state index contributed by atoms with van der Waals surface area (Å²) in [6.07, 6.45) is 0. The van der Waals surface area contributed by atoms with Crippen LogP contribution in [0.3, 0.4) is 0 Å². The van der Waals surface area contributed by atoms with Crippen LogP contribution in [0.2, 0.25) is 0 Å². The minimum Gasteiger partial charge on any atom is -0.333 e. The molecule has 0 aliphatic heterocycles. The average Bonchev–Trinajstić information content (AvgIpc) is 3.06. The molecule has 0 aliphatic rings. The number of nitro groups is 1. The zero-order chi connectivity index (χ0) is 14.0. The number of rotatable bonds is 4. The number of hydrogen-bond donors (Lipinski definition) is 0. The van der Waals surface area contributed by atoms with Gasteiger partial charge in [0, 0.05) is 18.0 Å². The molecule has 0 spiro atoms. The summed E-state index contributed by atoms with van der Waals surface area (Å²) in [5, 5.41) is 12.6. The zero-order valence-corrected chi connectivity index (χ0v) is 12.0. The first-order valence-corrected chi connectivity index (χ1v) is 7.25. The Morgan fingerprint density at radius 1 is 1.42 bits per heavy atom. The Bertz CT molecular complexity index is 592. The van der Waals surface area contributed by atoms with Crippen LogP contribution in [0, 0.1) is 10.1 Å². The lowest BCUT2D eigenvalue weighted by atomic mass is 10.2. The summed E-state index contributed by atoms with van der Waals surface area (Å²) < 4.78 is 0. The number of thiophene rings is 2. The summed E-state index contributed by atoms with van der Waals surface area (Å²) in [5.41, 5.74) is 0. The summed E-state index contributed by atoms with van der Waals surface area (Å²) in [4.78, 5) is 25.4. The fourth-order valence-electron chi connectivity index (χ4n) is 1.61. The van der Waals surface area contributed by atoms with Crippen LogP contribution in [-0.4, -0.2) is 22.8 Å². The lowest BCUT2D eigenvalue weighted by molar-refractivity contribution is -0.380. The predicted molar refractivity (Wildman–Crippen MR) is 75.8 cm³/mol. The summed E-state index contributed by atoms with van der Waals surface area (Å²) in [6, 6.07) is 6.72. The maximum Gasteiger partial charge on any atom is 0.324 e. The Labute approximate surface area is 118 Å². The highest BCUT2D eigenvalue weighted by Gasteiger charge is 2.22. The van der Waals surface area contributed by atoms with E-state index in [2.05, 4.69) is 0 Å². The second-order valence-corrected chi connectivity index (χ2v) is 6.04. The molecule has 0 fully saturated rings. The molecule has 0 radical (unpaired) electrons. The molecule has 5 nitrogen and oxygen atoms in total. The molecule has 2 aromatic heterocycles. The Kier molecular flexibility index (Phi) is 3.96. The first-order chi connectivity index (χ1) is 9.00. The molecule has 2 rings (SSSR count). The van der Waals surface area contributed by atoms with E-state index >= 15 is 0 Å². The van der Waals surface area contributed by atoms with Crippen molar-refractivity contribution in [3.63, 3.8) is 0 Å². The monoisotopic (exact) mass is 296 g/mol. The molecule has 0 aromatic carbocycles. The van der Waals surface area contributed by atoms with Crippen molar-refractivity contribution in [2.45, 2.75) is 13.0 Å². The van der Waals surface area contributed by atoms with Crippen molar-refractivity contribution in [3.05, 3.63) is 49.5 Å². The largest absolute Gasteiger partial charge is 0.333 e. The SMILES string of the molecule is CC(c1cccs1)N(C)C(=O)c1ccc([N+](=O)[O-])s1. The molecule has 19 heavy (non-hydrogen) atoms.